The Morgan fingerprint density at radius 1 is 0.719 bits per heavy atom. The fourth-order valence-electron chi connectivity index (χ4n) is 5.88. The minimum atomic E-state index is -0.0272. The van der Waals surface area contributed by atoms with Crippen LogP contribution in [0.1, 0.15) is 146 Å². The average Bonchev–Trinajstić information content (AvgIpc) is 3.20. The van der Waals surface area contributed by atoms with Crippen molar-refractivity contribution in [3.05, 3.63) is 35.4 Å². The molecule has 0 radical (unpaired) electrons. The van der Waals surface area contributed by atoms with Crippen molar-refractivity contribution in [2.75, 3.05) is 0 Å². The SMILES string of the molecule is CCCCCCCC1CCC(c2ccc(C3CC(CCCCCCC)C(=O)O3)cc2)CC1. The summed E-state index contributed by atoms with van der Waals surface area (Å²) in [6.07, 6.45) is 22.1. The third-order valence-electron chi connectivity index (χ3n) is 8.09. The molecule has 180 valence electrons. The van der Waals surface area contributed by atoms with E-state index in [1.54, 1.807) is 0 Å². The molecule has 1 aliphatic heterocycles. The molecule has 0 amide bonds. The highest BCUT2D eigenvalue weighted by Gasteiger charge is 2.34. The number of esters is 1. The van der Waals surface area contributed by atoms with Gasteiger partial charge in [-0.2, -0.15) is 0 Å². The highest BCUT2D eigenvalue weighted by atomic mass is 16.6. The first-order valence-electron chi connectivity index (χ1n) is 14.0. The summed E-state index contributed by atoms with van der Waals surface area (Å²) in [4.78, 5) is 12.3. The van der Waals surface area contributed by atoms with Crippen LogP contribution in [0.2, 0.25) is 0 Å². The summed E-state index contributed by atoms with van der Waals surface area (Å²) in [6, 6.07) is 9.10. The number of hydrogen-bond acceptors (Lipinski definition) is 2. The number of unbranched alkanes of at least 4 members (excludes halogenated alkanes) is 8. The molecule has 1 saturated heterocycles. The normalized spacial score (nSPS) is 25.8. The molecule has 2 nitrogen and oxygen atoms in total. The van der Waals surface area contributed by atoms with Gasteiger partial charge in [0, 0.05) is 6.42 Å². The second kappa shape index (κ2) is 14.1. The van der Waals surface area contributed by atoms with Crippen LogP contribution in [0, 0.1) is 11.8 Å². The average molecular weight is 441 g/mol. The molecule has 1 saturated carbocycles. The number of cyclic esters (lactones) is 1. The van der Waals surface area contributed by atoms with Gasteiger partial charge in [-0.3, -0.25) is 4.79 Å². The van der Waals surface area contributed by atoms with Crippen LogP contribution in [-0.4, -0.2) is 5.97 Å². The number of benzene rings is 1. The van der Waals surface area contributed by atoms with Crippen LogP contribution in [0.4, 0.5) is 0 Å². The van der Waals surface area contributed by atoms with Crippen LogP contribution in [0.15, 0.2) is 24.3 Å². The van der Waals surface area contributed by atoms with Crippen molar-refractivity contribution in [2.45, 2.75) is 135 Å². The van der Waals surface area contributed by atoms with Crippen molar-refractivity contribution in [1.29, 1.82) is 0 Å². The summed E-state index contributed by atoms with van der Waals surface area (Å²) in [5.41, 5.74) is 2.68. The van der Waals surface area contributed by atoms with Gasteiger partial charge in [0.15, 0.2) is 0 Å². The zero-order chi connectivity index (χ0) is 22.6. The fourth-order valence-corrected chi connectivity index (χ4v) is 5.88. The molecule has 2 aliphatic rings. The largest absolute Gasteiger partial charge is 0.457 e. The van der Waals surface area contributed by atoms with Gasteiger partial charge in [-0.25, -0.2) is 0 Å². The maximum atomic E-state index is 12.3. The number of carbonyl (C=O) groups is 1. The van der Waals surface area contributed by atoms with Crippen molar-refractivity contribution >= 4 is 5.97 Å². The first-order valence-corrected chi connectivity index (χ1v) is 14.0. The van der Waals surface area contributed by atoms with Gasteiger partial charge in [-0.05, 0) is 55.1 Å². The second-order valence-electron chi connectivity index (χ2n) is 10.6. The number of rotatable bonds is 14. The summed E-state index contributed by atoms with van der Waals surface area (Å²) in [6.45, 7) is 4.53. The lowest BCUT2D eigenvalue weighted by Gasteiger charge is -2.29. The minimum absolute atomic E-state index is 0.0272. The molecule has 1 aromatic carbocycles. The quantitative estimate of drug-likeness (QED) is 0.213. The van der Waals surface area contributed by atoms with Crippen molar-refractivity contribution in [2.24, 2.45) is 11.8 Å². The van der Waals surface area contributed by atoms with Crippen molar-refractivity contribution < 1.29 is 9.53 Å². The second-order valence-corrected chi connectivity index (χ2v) is 10.6. The summed E-state index contributed by atoms with van der Waals surface area (Å²) >= 11 is 0. The molecule has 0 N–H and O–H groups in total. The summed E-state index contributed by atoms with van der Waals surface area (Å²) in [5, 5.41) is 0. The van der Waals surface area contributed by atoms with Gasteiger partial charge in [0.2, 0.25) is 0 Å². The van der Waals surface area contributed by atoms with Crippen LogP contribution >= 0.6 is 0 Å². The molecule has 2 unspecified atom stereocenters. The Morgan fingerprint density at radius 3 is 1.91 bits per heavy atom. The zero-order valence-electron chi connectivity index (χ0n) is 21.0. The third kappa shape index (κ3) is 7.92. The molecule has 1 aliphatic carbocycles. The Labute approximate surface area is 197 Å². The van der Waals surface area contributed by atoms with Gasteiger partial charge in [-0.15, -0.1) is 0 Å². The predicted octanol–water partition coefficient (Wildman–Crippen LogP) is 9.29. The molecule has 1 heterocycles. The van der Waals surface area contributed by atoms with E-state index in [1.165, 1.54) is 101 Å². The van der Waals surface area contributed by atoms with E-state index in [2.05, 4.69) is 38.1 Å². The van der Waals surface area contributed by atoms with Crippen LogP contribution in [0.3, 0.4) is 0 Å². The maximum Gasteiger partial charge on any atom is 0.309 e. The van der Waals surface area contributed by atoms with Gasteiger partial charge < -0.3 is 4.74 Å². The molecule has 2 fully saturated rings. The standard InChI is InChI=1S/C30H48O2/c1-3-5-7-9-11-13-24-15-17-25(18-16-24)26-19-21-27(22-20-26)29-23-28(30(31)32-29)14-12-10-8-6-4-2/h19-22,24-25,28-29H,3-18,23H2,1-2H3. The zero-order valence-corrected chi connectivity index (χ0v) is 21.0. The Hall–Kier alpha value is -1.31. The van der Waals surface area contributed by atoms with E-state index in [9.17, 15) is 4.79 Å². The van der Waals surface area contributed by atoms with Gasteiger partial charge in [0.25, 0.3) is 0 Å². The molecule has 2 atom stereocenters. The van der Waals surface area contributed by atoms with Gasteiger partial charge in [0.05, 0.1) is 5.92 Å². The monoisotopic (exact) mass is 440 g/mol. The lowest BCUT2D eigenvalue weighted by Crippen LogP contribution is -2.13. The van der Waals surface area contributed by atoms with E-state index < -0.39 is 0 Å². The highest BCUT2D eigenvalue weighted by molar-refractivity contribution is 5.74. The molecule has 0 aromatic heterocycles. The van der Waals surface area contributed by atoms with E-state index in [4.69, 9.17) is 4.74 Å². The van der Waals surface area contributed by atoms with Crippen molar-refractivity contribution in [1.82, 2.24) is 0 Å². The molecule has 0 spiro atoms. The first kappa shape index (κ1) is 25.3. The smallest absolute Gasteiger partial charge is 0.309 e. The van der Waals surface area contributed by atoms with Crippen molar-refractivity contribution in [3.8, 4) is 0 Å². The Kier molecular flexibility index (Phi) is 11.1. The van der Waals surface area contributed by atoms with E-state index in [1.807, 2.05) is 0 Å². The Morgan fingerprint density at radius 2 is 1.28 bits per heavy atom. The Balaban J connectivity index is 1.38. The molecule has 32 heavy (non-hydrogen) atoms. The lowest BCUT2D eigenvalue weighted by atomic mass is 9.77. The third-order valence-corrected chi connectivity index (χ3v) is 8.09. The van der Waals surface area contributed by atoms with E-state index >= 15 is 0 Å². The molecule has 1 aromatic rings. The Bertz CT molecular complexity index is 641. The topological polar surface area (TPSA) is 26.3 Å². The van der Waals surface area contributed by atoms with Crippen LogP contribution in [0.5, 0.6) is 0 Å². The van der Waals surface area contributed by atoms with Crippen molar-refractivity contribution in [3.63, 3.8) is 0 Å². The van der Waals surface area contributed by atoms with Gasteiger partial charge in [0.1, 0.15) is 6.10 Å². The number of carbonyl (C=O) groups excluding carboxylic acids is 1. The fraction of sp³-hybridized carbons (Fsp3) is 0.767. The van der Waals surface area contributed by atoms with E-state index in [-0.39, 0.29) is 18.0 Å². The summed E-state index contributed by atoms with van der Waals surface area (Å²) < 4.78 is 5.76. The summed E-state index contributed by atoms with van der Waals surface area (Å²) in [7, 11) is 0. The highest BCUT2D eigenvalue weighted by Crippen LogP contribution is 2.40. The summed E-state index contributed by atoms with van der Waals surface area (Å²) in [5.74, 6) is 1.83. The van der Waals surface area contributed by atoms with Crippen LogP contribution in [-0.2, 0) is 9.53 Å². The van der Waals surface area contributed by atoms with Gasteiger partial charge >= 0.3 is 5.97 Å². The van der Waals surface area contributed by atoms with Gasteiger partial charge in [-0.1, -0.05) is 109 Å². The minimum Gasteiger partial charge on any atom is -0.457 e. The molecule has 3 rings (SSSR count). The predicted molar refractivity (Wildman–Crippen MR) is 135 cm³/mol. The van der Waals surface area contributed by atoms with Crippen LogP contribution in [0.25, 0.3) is 0 Å². The van der Waals surface area contributed by atoms with Crippen LogP contribution < -0.4 is 0 Å². The molecule has 2 heteroatoms. The molecular weight excluding hydrogens is 392 g/mol. The van der Waals surface area contributed by atoms with E-state index in [0.717, 1.165) is 31.1 Å². The lowest BCUT2D eigenvalue weighted by molar-refractivity contribution is -0.144. The first-order chi connectivity index (χ1) is 15.7. The molecule has 0 bridgehead atoms. The number of ether oxygens (including phenoxy) is 1. The van der Waals surface area contributed by atoms with E-state index in [0.29, 0.717) is 0 Å². The molecular formula is C30H48O2. The number of hydrogen-bond donors (Lipinski definition) is 0. The maximum absolute atomic E-state index is 12.3.